The first-order valence-electron chi connectivity index (χ1n) is 12.5. The van der Waals surface area contributed by atoms with E-state index in [1.807, 2.05) is 25.1 Å². The number of benzene rings is 2. The molecule has 2 aliphatic heterocycles. The van der Waals surface area contributed by atoms with E-state index in [4.69, 9.17) is 4.74 Å². The number of hydrogen-bond acceptors (Lipinski definition) is 5. The summed E-state index contributed by atoms with van der Waals surface area (Å²) in [5, 5.41) is 3.79. The number of hydrogen-bond donors (Lipinski definition) is 2. The average molecular weight is 486 g/mol. The molecule has 34 heavy (non-hydrogen) atoms. The highest BCUT2D eigenvalue weighted by atomic mass is 32.2. The summed E-state index contributed by atoms with van der Waals surface area (Å²) in [6.45, 7) is 5.50. The van der Waals surface area contributed by atoms with Crippen LogP contribution in [-0.2, 0) is 14.8 Å². The van der Waals surface area contributed by atoms with Crippen molar-refractivity contribution in [3.05, 3.63) is 65.2 Å². The van der Waals surface area contributed by atoms with Gasteiger partial charge in [-0.25, -0.2) is 13.1 Å². The number of fused-ring (bicyclic) bond motifs is 3. The maximum absolute atomic E-state index is 12.5. The SMILES string of the molecule is CC(C)c1ccc2c(c1)[C@H]1O[C@@H](CNS(=O)(=O)CCCN(C)C)CC[C@H]1[C@H](c1ccccc1)N2. The minimum absolute atomic E-state index is 0.0582. The quantitative estimate of drug-likeness (QED) is 0.540. The first-order valence-corrected chi connectivity index (χ1v) is 14.1. The Labute approximate surface area is 205 Å². The monoisotopic (exact) mass is 485 g/mol. The van der Waals surface area contributed by atoms with Gasteiger partial charge in [0.15, 0.2) is 0 Å². The van der Waals surface area contributed by atoms with E-state index in [9.17, 15) is 8.42 Å². The number of anilines is 1. The number of nitrogens with one attached hydrogen (secondary N) is 2. The van der Waals surface area contributed by atoms with Crippen LogP contribution >= 0.6 is 0 Å². The van der Waals surface area contributed by atoms with E-state index in [0.29, 0.717) is 24.8 Å². The topological polar surface area (TPSA) is 70.7 Å². The molecule has 1 fully saturated rings. The molecular formula is C27H39N3O3S. The molecule has 2 N–H and O–H groups in total. The van der Waals surface area contributed by atoms with E-state index in [1.54, 1.807) is 0 Å². The van der Waals surface area contributed by atoms with Crippen LogP contribution < -0.4 is 10.0 Å². The fraction of sp³-hybridized carbons (Fsp3) is 0.556. The lowest BCUT2D eigenvalue weighted by Gasteiger charge is -2.46. The van der Waals surface area contributed by atoms with Gasteiger partial charge < -0.3 is 15.0 Å². The predicted molar refractivity (Wildman–Crippen MR) is 139 cm³/mol. The van der Waals surface area contributed by atoms with Crippen molar-refractivity contribution in [2.45, 2.75) is 57.3 Å². The molecule has 0 aromatic heterocycles. The molecule has 4 rings (SSSR count). The zero-order valence-corrected chi connectivity index (χ0v) is 21.6. The third-order valence-corrected chi connectivity index (χ3v) is 8.48. The minimum Gasteiger partial charge on any atom is -0.378 e. The van der Waals surface area contributed by atoms with Crippen molar-refractivity contribution in [3.8, 4) is 0 Å². The maximum Gasteiger partial charge on any atom is 0.211 e. The van der Waals surface area contributed by atoms with Gasteiger partial charge in [-0.3, -0.25) is 0 Å². The molecule has 4 atom stereocenters. The van der Waals surface area contributed by atoms with Gasteiger partial charge in [0.05, 0.1) is 24.0 Å². The highest BCUT2D eigenvalue weighted by molar-refractivity contribution is 7.89. The van der Waals surface area contributed by atoms with Crippen LogP contribution in [0.3, 0.4) is 0 Å². The zero-order valence-electron chi connectivity index (χ0n) is 20.8. The molecule has 2 aromatic carbocycles. The second kappa shape index (κ2) is 10.8. The number of ether oxygens (including phenoxy) is 1. The fourth-order valence-electron chi connectivity index (χ4n) is 5.14. The summed E-state index contributed by atoms with van der Waals surface area (Å²) >= 11 is 0. The molecule has 0 saturated carbocycles. The predicted octanol–water partition coefficient (Wildman–Crippen LogP) is 4.68. The summed E-state index contributed by atoms with van der Waals surface area (Å²) in [6.07, 6.45) is 2.25. The summed E-state index contributed by atoms with van der Waals surface area (Å²) in [5.41, 5.74) is 4.87. The van der Waals surface area contributed by atoms with Crippen molar-refractivity contribution in [1.82, 2.24) is 9.62 Å². The molecule has 0 bridgehead atoms. The van der Waals surface area contributed by atoms with Crippen LogP contribution in [-0.4, -0.2) is 52.4 Å². The van der Waals surface area contributed by atoms with E-state index >= 15 is 0 Å². The zero-order chi connectivity index (χ0) is 24.3. The second-order valence-electron chi connectivity index (χ2n) is 10.3. The van der Waals surface area contributed by atoms with Gasteiger partial charge in [0.25, 0.3) is 0 Å². The van der Waals surface area contributed by atoms with Crippen molar-refractivity contribution in [2.24, 2.45) is 5.92 Å². The molecule has 186 valence electrons. The van der Waals surface area contributed by atoms with E-state index in [2.05, 4.69) is 66.4 Å². The maximum atomic E-state index is 12.5. The standard InChI is InChI=1S/C27H39N3O3S/c1-19(2)21-11-14-25-24(17-21)27-23(26(29-25)20-9-6-5-7-10-20)13-12-22(33-27)18-28-34(31,32)16-8-15-30(3)4/h5-7,9-11,14,17,19,22-23,26-29H,8,12-13,15-16,18H2,1-4H3/t22-,23+,26+,27+/m1/s1. The molecule has 2 aromatic rings. The van der Waals surface area contributed by atoms with Crippen molar-refractivity contribution in [1.29, 1.82) is 0 Å². The lowest BCUT2D eigenvalue weighted by Crippen LogP contribution is -2.43. The molecular weight excluding hydrogens is 446 g/mol. The molecule has 2 aliphatic rings. The Hall–Kier alpha value is -1.93. The molecule has 0 unspecified atom stereocenters. The van der Waals surface area contributed by atoms with E-state index in [0.717, 1.165) is 25.1 Å². The molecule has 2 heterocycles. The van der Waals surface area contributed by atoms with Crippen molar-refractivity contribution < 1.29 is 13.2 Å². The van der Waals surface area contributed by atoms with Crippen molar-refractivity contribution in [2.75, 3.05) is 38.3 Å². The molecule has 0 spiro atoms. The van der Waals surface area contributed by atoms with Gasteiger partial charge in [-0.1, -0.05) is 56.3 Å². The van der Waals surface area contributed by atoms with Crippen LogP contribution in [0.5, 0.6) is 0 Å². The third kappa shape index (κ3) is 6.00. The minimum atomic E-state index is -3.31. The fourth-order valence-corrected chi connectivity index (χ4v) is 6.23. The lowest BCUT2D eigenvalue weighted by molar-refractivity contribution is -0.0899. The summed E-state index contributed by atoms with van der Waals surface area (Å²) in [4.78, 5) is 2.00. The van der Waals surface area contributed by atoms with Gasteiger partial charge in [0.1, 0.15) is 0 Å². The first-order chi connectivity index (χ1) is 16.2. The van der Waals surface area contributed by atoms with Crippen LogP contribution in [0.2, 0.25) is 0 Å². The molecule has 0 amide bonds. The Morgan fingerprint density at radius 3 is 2.59 bits per heavy atom. The normalized spacial score (nSPS) is 24.5. The molecule has 7 heteroatoms. The van der Waals surface area contributed by atoms with E-state index in [-0.39, 0.29) is 24.0 Å². The van der Waals surface area contributed by atoms with Gasteiger partial charge in [-0.05, 0) is 63.0 Å². The molecule has 0 aliphatic carbocycles. The van der Waals surface area contributed by atoms with Crippen LogP contribution in [0.4, 0.5) is 5.69 Å². The van der Waals surface area contributed by atoms with Crippen LogP contribution in [0.1, 0.15) is 67.9 Å². The van der Waals surface area contributed by atoms with Gasteiger partial charge >= 0.3 is 0 Å². The lowest BCUT2D eigenvalue weighted by atomic mass is 9.76. The third-order valence-electron chi connectivity index (χ3n) is 7.05. The smallest absolute Gasteiger partial charge is 0.211 e. The van der Waals surface area contributed by atoms with E-state index < -0.39 is 10.0 Å². The summed E-state index contributed by atoms with van der Waals surface area (Å²) in [7, 11) is 0.603. The Morgan fingerprint density at radius 1 is 1.12 bits per heavy atom. The van der Waals surface area contributed by atoms with Crippen LogP contribution in [0.15, 0.2) is 48.5 Å². The highest BCUT2D eigenvalue weighted by Gasteiger charge is 2.42. The Balaban J connectivity index is 1.52. The summed E-state index contributed by atoms with van der Waals surface area (Å²) in [5.74, 6) is 0.874. The van der Waals surface area contributed by atoms with Gasteiger partial charge in [-0.15, -0.1) is 0 Å². The molecule has 6 nitrogen and oxygen atoms in total. The molecule has 0 radical (unpaired) electrons. The van der Waals surface area contributed by atoms with Crippen LogP contribution in [0.25, 0.3) is 0 Å². The highest BCUT2D eigenvalue weighted by Crippen LogP contribution is 2.50. The van der Waals surface area contributed by atoms with Crippen molar-refractivity contribution in [3.63, 3.8) is 0 Å². The second-order valence-corrected chi connectivity index (χ2v) is 12.2. The Bertz CT molecular complexity index is 1060. The summed E-state index contributed by atoms with van der Waals surface area (Å²) in [6, 6.07) is 17.4. The van der Waals surface area contributed by atoms with Gasteiger partial charge in [0, 0.05) is 23.7 Å². The molecule has 1 saturated heterocycles. The van der Waals surface area contributed by atoms with Gasteiger partial charge in [0.2, 0.25) is 10.0 Å². The van der Waals surface area contributed by atoms with Crippen molar-refractivity contribution >= 4 is 15.7 Å². The number of rotatable bonds is 9. The average Bonchev–Trinajstić information content (AvgIpc) is 2.82. The number of nitrogens with zero attached hydrogens (tertiary/aromatic N) is 1. The first kappa shape index (κ1) is 25.2. The largest absolute Gasteiger partial charge is 0.378 e. The Kier molecular flexibility index (Phi) is 7.97. The Morgan fingerprint density at radius 2 is 1.88 bits per heavy atom. The summed E-state index contributed by atoms with van der Waals surface area (Å²) < 4.78 is 34.5. The van der Waals surface area contributed by atoms with Gasteiger partial charge in [-0.2, -0.15) is 0 Å². The van der Waals surface area contributed by atoms with Crippen LogP contribution in [0, 0.1) is 5.92 Å². The number of sulfonamides is 1. The van der Waals surface area contributed by atoms with E-state index in [1.165, 1.54) is 16.7 Å².